The molecular weight excluding hydrogens is 351 g/mol. The van der Waals surface area contributed by atoms with Gasteiger partial charge >= 0.3 is 6.18 Å². The molecule has 3 rings (SSSR count). The van der Waals surface area contributed by atoms with Crippen molar-refractivity contribution in [3.63, 3.8) is 0 Å². The summed E-state index contributed by atoms with van der Waals surface area (Å²) in [6.07, 6.45) is -4.54. The summed E-state index contributed by atoms with van der Waals surface area (Å²) >= 11 is 0. The third-order valence-electron chi connectivity index (χ3n) is 3.81. The van der Waals surface area contributed by atoms with Crippen LogP contribution in [0.4, 0.5) is 13.2 Å². The van der Waals surface area contributed by atoms with Gasteiger partial charge in [0, 0.05) is 6.54 Å². The lowest BCUT2D eigenvalue weighted by Crippen LogP contribution is -2.24. The molecule has 0 amide bonds. The quantitative estimate of drug-likeness (QED) is 0.748. The highest BCUT2D eigenvalue weighted by Crippen LogP contribution is 2.32. The lowest BCUT2D eigenvalue weighted by molar-refractivity contribution is -0.138. The van der Waals surface area contributed by atoms with Gasteiger partial charge in [-0.1, -0.05) is 48.5 Å². The molecule has 0 unspecified atom stereocenters. The van der Waals surface area contributed by atoms with Crippen LogP contribution < -0.4 is 4.72 Å². The van der Waals surface area contributed by atoms with Crippen molar-refractivity contribution >= 4 is 20.8 Å². The van der Waals surface area contributed by atoms with Gasteiger partial charge in [0.15, 0.2) is 0 Å². The average molecular weight is 365 g/mol. The van der Waals surface area contributed by atoms with Crippen molar-refractivity contribution in [2.24, 2.45) is 0 Å². The largest absolute Gasteiger partial charge is 0.416 e. The predicted molar refractivity (Wildman–Crippen MR) is 89.4 cm³/mol. The number of nitrogens with one attached hydrogen (secondary N) is 1. The van der Waals surface area contributed by atoms with E-state index in [2.05, 4.69) is 4.72 Å². The molecular formula is C18H14F3NO2S. The first-order valence-corrected chi connectivity index (χ1v) is 8.89. The highest BCUT2D eigenvalue weighted by atomic mass is 32.2. The van der Waals surface area contributed by atoms with Gasteiger partial charge in [-0.3, -0.25) is 0 Å². The molecule has 0 spiro atoms. The summed E-state index contributed by atoms with van der Waals surface area (Å²) in [5.41, 5.74) is -0.976. The van der Waals surface area contributed by atoms with Crippen molar-refractivity contribution < 1.29 is 21.6 Å². The van der Waals surface area contributed by atoms with Gasteiger partial charge in [0.1, 0.15) is 0 Å². The summed E-state index contributed by atoms with van der Waals surface area (Å²) < 4.78 is 66.0. The van der Waals surface area contributed by atoms with E-state index in [1.54, 1.807) is 18.2 Å². The molecule has 0 saturated heterocycles. The van der Waals surface area contributed by atoms with E-state index in [0.29, 0.717) is 0 Å². The monoisotopic (exact) mass is 365 g/mol. The number of alkyl halides is 3. The molecule has 25 heavy (non-hydrogen) atoms. The van der Waals surface area contributed by atoms with Gasteiger partial charge in [-0.2, -0.15) is 13.2 Å². The van der Waals surface area contributed by atoms with Crippen LogP contribution in [0.2, 0.25) is 0 Å². The number of fused-ring (bicyclic) bond motifs is 1. The van der Waals surface area contributed by atoms with E-state index in [0.717, 1.165) is 16.8 Å². The molecule has 0 atom stereocenters. The maximum absolute atomic E-state index is 13.0. The fraction of sp³-hybridized carbons (Fsp3) is 0.111. The Morgan fingerprint density at radius 1 is 0.840 bits per heavy atom. The minimum absolute atomic E-state index is 0.00990. The molecule has 7 heteroatoms. The van der Waals surface area contributed by atoms with Crippen LogP contribution in [0.1, 0.15) is 11.1 Å². The van der Waals surface area contributed by atoms with Gasteiger partial charge in [-0.25, -0.2) is 13.1 Å². The van der Waals surface area contributed by atoms with Gasteiger partial charge in [0.05, 0.1) is 10.5 Å². The SMILES string of the molecule is O=S(=O)(NCc1ccccc1C(F)(F)F)c1ccc2ccccc2c1. The number of sulfonamides is 1. The Morgan fingerprint density at radius 3 is 2.20 bits per heavy atom. The van der Waals surface area contributed by atoms with Gasteiger partial charge in [-0.15, -0.1) is 0 Å². The van der Waals surface area contributed by atoms with E-state index in [-0.39, 0.29) is 10.5 Å². The Bertz CT molecular complexity index is 1010. The van der Waals surface area contributed by atoms with Crippen molar-refractivity contribution in [1.29, 1.82) is 0 Å². The van der Waals surface area contributed by atoms with Crippen molar-refractivity contribution in [2.45, 2.75) is 17.6 Å². The molecule has 0 heterocycles. The van der Waals surface area contributed by atoms with Crippen LogP contribution in [0, 0.1) is 0 Å². The Balaban J connectivity index is 1.87. The summed E-state index contributed by atoms with van der Waals surface area (Å²) in [6, 6.07) is 16.7. The van der Waals surface area contributed by atoms with Crippen molar-refractivity contribution in [1.82, 2.24) is 4.72 Å². The second kappa shape index (κ2) is 6.50. The van der Waals surface area contributed by atoms with Crippen LogP contribution in [0.5, 0.6) is 0 Å². The molecule has 0 aromatic heterocycles. The van der Waals surface area contributed by atoms with Gasteiger partial charge in [-0.05, 0) is 34.5 Å². The molecule has 0 aliphatic rings. The first kappa shape index (κ1) is 17.4. The Morgan fingerprint density at radius 2 is 1.48 bits per heavy atom. The minimum Gasteiger partial charge on any atom is -0.207 e. The van der Waals surface area contributed by atoms with Crippen LogP contribution in [-0.4, -0.2) is 8.42 Å². The number of benzene rings is 3. The van der Waals surface area contributed by atoms with Crippen LogP contribution in [0.3, 0.4) is 0 Å². The number of hydrogen-bond acceptors (Lipinski definition) is 2. The topological polar surface area (TPSA) is 46.2 Å². The number of halogens is 3. The predicted octanol–water partition coefficient (Wildman–Crippen LogP) is 4.34. The molecule has 0 bridgehead atoms. The van der Waals surface area contributed by atoms with E-state index in [1.807, 2.05) is 12.1 Å². The molecule has 0 aliphatic carbocycles. The van der Waals surface area contributed by atoms with Crippen molar-refractivity contribution in [3.05, 3.63) is 77.9 Å². The van der Waals surface area contributed by atoms with Crippen molar-refractivity contribution in [3.8, 4) is 0 Å². The minimum atomic E-state index is -4.54. The normalized spacial score (nSPS) is 12.4. The Labute approximate surface area is 143 Å². The summed E-state index contributed by atoms with van der Waals surface area (Å²) in [6.45, 7) is -0.440. The number of rotatable bonds is 4. The lowest BCUT2D eigenvalue weighted by Gasteiger charge is -2.13. The zero-order chi connectivity index (χ0) is 18.1. The highest BCUT2D eigenvalue weighted by molar-refractivity contribution is 7.89. The van der Waals surface area contributed by atoms with Gasteiger partial charge in [0.25, 0.3) is 0 Å². The summed E-state index contributed by atoms with van der Waals surface area (Å²) in [5.74, 6) is 0. The molecule has 1 N–H and O–H groups in total. The van der Waals surface area contributed by atoms with Crippen LogP contribution in [0.15, 0.2) is 71.6 Å². The molecule has 0 aliphatic heterocycles. The zero-order valence-corrected chi connectivity index (χ0v) is 13.7. The van der Waals surface area contributed by atoms with Gasteiger partial charge in [0.2, 0.25) is 10.0 Å². The molecule has 3 aromatic rings. The molecule has 3 aromatic carbocycles. The fourth-order valence-electron chi connectivity index (χ4n) is 2.54. The summed E-state index contributed by atoms with van der Waals surface area (Å²) in [5, 5.41) is 1.62. The fourth-order valence-corrected chi connectivity index (χ4v) is 3.58. The molecule has 0 saturated carbocycles. The first-order chi connectivity index (χ1) is 11.8. The number of hydrogen-bond donors (Lipinski definition) is 1. The molecule has 0 fully saturated rings. The third-order valence-corrected chi connectivity index (χ3v) is 5.21. The molecule has 0 radical (unpaired) electrons. The lowest BCUT2D eigenvalue weighted by atomic mass is 10.1. The van der Waals surface area contributed by atoms with E-state index in [9.17, 15) is 21.6 Å². The Hall–Kier alpha value is -2.38. The van der Waals surface area contributed by atoms with E-state index >= 15 is 0 Å². The standard InChI is InChI=1S/C18H14F3NO2S/c19-18(20,21)17-8-4-3-7-15(17)12-22-25(23,24)16-10-9-13-5-1-2-6-14(13)11-16/h1-11,22H,12H2. The van der Waals surface area contributed by atoms with Crippen molar-refractivity contribution in [2.75, 3.05) is 0 Å². The molecule has 130 valence electrons. The molecule has 3 nitrogen and oxygen atoms in total. The second-order valence-electron chi connectivity index (χ2n) is 5.49. The Kier molecular flexibility index (Phi) is 4.53. The summed E-state index contributed by atoms with van der Waals surface area (Å²) in [7, 11) is -3.93. The van der Waals surface area contributed by atoms with Crippen LogP contribution >= 0.6 is 0 Å². The van der Waals surface area contributed by atoms with E-state index in [4.69, 9.17) is 0 Å². The third kappa shape index (κ3) is 3.83. The van der Waals surface area contributed by atoms with Gasteiger partial charge < -0.3 is 0 Å². The maximum Gasteiger partial charge on any atom is 0.416 e. The summed E-state index contributed by atoms with van der Waals surface area (Å²) in [4.78, 5) is 0.00990. The average Bonchev–Trinajstić information content (AvgIpc) is 2.59. The van der Waals surface area contributed by atoms with E-state index < -0.39 is 28.3 Å². The van der Waals surface area contributed by atoms with Crippen LogP contribution in [0.25, 0.3) is 10.8 Å². The zero-order valence-electron chi connectivity index (χ0n) is 12.9. The van der Waals surface area contributed by atoms with Crippen LogP contribution in [-0.2, 0) is 22.7 Å². The van der Waals surface area contributed by atoms with E-state index in [1.165, 1.54) is 30.3 Å². The maximum atomic E-state index is 13.0. The smallest absolute Gasteiger partial charge is 0.207 e. The second-order valence-corrected chi connectivity index (χ2v) is 7.26. The highest BCUT2D eigenvalue weighted by Gasteiger charge is 2.33. The first-order valence-electron chi connectivity index (χ1n) is 7.41.